The predicted octanol–water partition coefficient (Wildman–Crippen LogP) is 3.92. The first-order valence-electron chi connectivity index (χ1n) is 9.11. The van der Waals surface area contributed by atoms with Crippen LogP contribution in [-0.4, -0.2) is 29.9 Å². The monoisotopic (exact) mass is 350 g/mol. The van der Waals surface area contributed by atoms with E-state index in [1.54, 1.807) is 0 Å². The molecule has 2 N–H and O–H groups in total. The first-order valence-corrected chi connectivity index (χ1v) is 9.11. The van der Waals surface area contributed by atoms with Crippen LogP contribution in [0.3, 0.4) is 0 Å². The summed E-state index contributed by atoms with van der Waals surface area (Å²) in [5.74, 6) is 2.01. The van der Waals surface area contributed by atoms with Gasteiger partial charge in [-0.15, -0.1) is 12.4 Å². The zero-order valence-electron chi connectivity index (χ0n) is 15.1. The molecule has 1 heterocycles. The van der Waals surface area contributed by atoms with Gasteiger partial charge < -0.3 is 10.6 Å². The highest BCUT2D eigenvalue weighted by Crippen LogP contribution is 2.49. The highest BCUT2D eigenvalue weighted by atomic mass is 35.5. The summed E-state index contributed by atoms with van der Waals surface area (Å²) in [6.07, 6.45) is 3.27. The molecule has 1 saturated carbocycles. The number of carbonyl (C=O) groups is 1. The first-order chi connectivity index (χ1) is 11.0. The highest BCUT2D eigenvalue weighted by Gasteiger charge is 2.46. The van der Waals surface area contributed by atoms with Crippen molar-refractivity contribution in [2.24, 2.45) is 17.6 Å². The number of piperidine rings is 1. The van der Waals surface area contributed by atoms with Crippen LogP contribution >= 0.6 is 12.4 Å². The minimum Gasteiger partial charge on any atom is -0.342 e. The van der Waals surface area contributed by atoms with E-state index in [4.69, 9.17) is 5.73 Å². The fraction of sp³-hybridized carbons (Fsp3) is 0.650. The van der Waals surface area contributed by atoms with Crippen molar-refractivity contribution in [1.29, 1.82) is 0 Å². The van der Waals surface area contributed by atoms with Gasteiger partial charge in [0.2, 0.25) is 5.91 Å². The molecule has 1 aliphatic carbocycles. The third-order valence-corrected chi connectivity index (χ3v) is 5.65. The molecule has 0 radical (unpaired) electrons. The molecule has 1 aromatic rings. The highest BCUT2D eigenvalue weighted by molar-refractivity contribution is 5.85. The molecule has 0 bridgehead atoms. The maximum Gasteiger partial charge on any atom is 0.226 e. The Morgan fingerprint density at radius 1 is 1.21 bits per heavy atom. The van der Waals surface area contributed by atoms with Crippen LogP contribution in [-0.2, 0) is 4.79 Å². The van der Waals surface area contributed by atoms with Crippen LogP contribution < -0.4 is 5.73 Å². The Labute approximate surface area is 152 Å². The number of rotatable bonds is 4. The van der Waals surface area contributed by atoms with Gasteiger partial charge in [0, 0.05) is 25.0 Å². The molecule has 2 fully saturated rings. The van der Waals surface area contributed by atoms with E-state index >= 15 is 0 Å². The lowest BCUT2D eigenvalue weighted by Gasteiger charge is -2.34. The number of halogens is 1. The van der Waals surface area contributed by atoms with E-state index in [1.165, 1.54) is 11.1 Å². The van der Waals surface area contributed by atoms with Gasteiger partial charge in [0.1, 0.15) is 0 Å². The lowest BCUT2D eigenvalue weighted by Crippen LogP contribution is -2.45. The summed E-state index contributed by atoms with van der Waals surface area (Å²) in [5.41, 5.74) is 8.74. The van der Waals surface area contributed by atoms with Crippen LogP contribution in [0.1, 0.15) is 63.0 Å². The summed E-state index contributed by atoms with van der Waals surface area (Å²) in [4.78, 5) is 14.8. The van der Waals surface area contributed by atoms with Crippen molar-refractivity contribution >= 4 is 18.3 Å². The topological polar surface area (TPSA) is 46.3 Å². The molecule has 1 amide bonds. The number of nitrogens with zero attached hydrogens (tertiary/aromatic N) is 1. The Morgan fingerprint density at radius 3 is 2.46 bits per heavy atom. The Morgan fingerprint density at radius 2 is 1.88 bits per heavy atom. The van der Waals surface area contributed by atoms with Crippen LogP contribution in [0.4, 0.5) is 0 Å². The molecule has 134 valence electrons. The summed E-state index contributed by atoms with van der Waals surface area (Å²) in [7, 11) is 0. The number of likely N-dealkylation sites (tertiary alicyclic amines) is 1. The molecular weight excluding hydrogens is 320 g/mol. The molecule has 0 spiro atoms. The zero-order valence-corrected chi connectivity index (χ0v) is 15.9. The number of nitrogens with two attached hydrogens (primary N) is 1. The number of benzene rings is 1. The fourth-order valence-corrected chi connectivity index (χ4v) is 3.84. The summed E-state index contributed by atoms with van der Waals surface area (Å²) >= 11 is 0. The normalized spacial score (nSPS) is 27.5. The minimum absolute atomic E-state index is 0. The number of carbonyl (C=O) groups excluding carboxylic acids is 1. The quantitative estimate of drug-likeness (QED) is 0.894. The van der Waals surface area contributed by atoms with Crippen molar-refractivity contribution in [2.45, 2.75) is 57.9 Å². The van der Waals surface area contributed by atoms with Gasteiger partial charge in [-0.3, -0.25) is 4.79 Å². The second kappa shape index (κ2) is 7.88. The van der Waals surface area contributed by atoms with E-state index in [-0.39, 0.29) is 24.4 Å². The maximum absolute atomic E-state index is 12.8. The standard InChI is InChI=1S/C20H30N2O.ClH/c1-13(2)15-6-8-16(9-7-15)18-11-19(18)20(23)22-10-4-5-17(12-22)14(3)21;/h6-9,13-14,17-19H,4-5,10-12,21H2,1-3H3;1H. The van der Waals surface area contributed by atoms with E-state index in [2.05, 4.69) is 49.9 Å². The first kappa shape index (κ1) is 19.3. The maximum atomic E-state index is 12.8. The fourth-order valence-electron chi connectivity index (χ4n) is 3.84. The molecule has 2 aliphatic rings. The molecule has 4 atom stereocenters. The van der Waals surface area contributed by atoms with Crippen molar-refractivity contribution in [1.82, 2.24) is 4.90 Å². The van der Waals surface area contributed by atoms with Crippen molar-refractivity contribution in [3.8, 4) is 0 Å². The van der Waals surface area contributed by atoms with Crippen molar-refractivity contribution in [3.05, 3.63) is 35.4 Å². The molecule has 0 aromatic heterocycles. The van der Waals surface area contributed by atoms with Gasteiger partial charge in [-0.2, -0.15) is 0 Å². The van der Waals surface area contributed by atoms with Crippen LogP contribution in [0.15, 0.2) is 24.3 Å². The third-order valence-electron chi connectivity index (χ3n) is 5.65. The van der Waals surface area contributed by atoms with Crippen molar-refractivity contribution < 1.29 is 4.79 Å². The van der Waals surface area contributed by atoms with Gasteiger partial charge in [0.05, 0.1) is 0 Å². The molecule has 4 unspecified atom stereocenters. The molecule has 1 saturated heterocycles. The Bertz CT molecular complexity index is 555. The molecule has 3 rings (SSSR count). The predicted molar refractivity (Wildman–Crippen MR) is 102 cm³/mol. The van der Waals surface area contributed by atoms with Crippen LogP contribution in [0.2, 0.25) is 0 Å². The molecule has 24 heavy (non-hydrogen) atoms. The molecule has 1 aromatic carbocycles. The molecule has 3 nitrogen and oxygen atoms in total. The van der Waals surface area contributed by atoms with E-state index in [0.717, 1.165) is 32.4 Å². The summed E-state index contributed by atoms with van der Waals surface area (Å²) in [6.45, 7) is 8.26. The van der Waals surface area contributed by atoms with Gasteiger partial charge in [0.15, 0.2) is 0 Å². The van der Waals surface area contributed by atoms with Gasteiger partial charge in [-0.25, -0.2) is 0 Å². The Kier molecular flexibility index (Phi) is 6.33. The lowest BCUT2D eigenvalue weighted by atomic mass is 9.92. The smallest absolute Gasteiger partial charge is 0.226 e. The summed E-state index contributed by atoms with van der Waals surface area (Å²) in [5, 5.41) is 0. The Balaban J connectivity index is 0.00000208. The van der Waals surface area contributed by atoms with Crippen molar-refractivity contribution in [2.75, 3.05) is 13.1 Å². The summed E-state index contributed by atoms with van der Waals surface area (Å²) < 4.78 is 0. The van der Waals surface area contributed by atoms with E-state index in [0.29, 0.717) is 23.7 Å². The van der Waals surface area contributed by atoms with E-state index < -0.39 is 0 Å². The molecule has 4 heteroatoms. The lowest BCUT2D eigenvalue weighted by molar-refractivity contribution is -0.134. The summed E-state index contributed by atoms with van der Waals surface area (Å²) in [6, 6.07) is 9.05. The van der Waals surface area contributed by atoms with Crippen LogP contribution in [0, 0.1) is 11.8 Å². The minimum atomic E-state index is 0. The number of hydrogen-bond acceptors (Lipinski definition) is 2. The molecular formula is C20H31ClN2O. The van der Waals surface area contributed by atoms with Gasteiger partial charge in [-0.1, -0.05) is 38.1 Å². The SMILES string of the molecule is CC(C)c1ccc(C2CC2C(=O)N2CCCC(C(C)N)C2)cc1.Cl. The number of amides is 1. The van der Waals surface area contributed by atoms with Gasteiger partial charge >= 0.3 is 0 Å². The third kappa shape index (κ3) is 4.12. The molecule has 1 aliphatic heterocycles. The van der Waals surface area contributed by atoms with E-state index in [1.807, 2.05) is 0 Å². The van der Waals surface area contributed by atoms with Crippen LogP contribution in [0.5, 0.6) is 0 Å². The zero-order chi connectivity index (χ0) is 16.6. The van der Waals surface area contributed by atoms with Crippen LogP contribution in [0.25, 0.3) is 0 Å². The largest absolute Gasteiger partial charge is 0.342 e. The Hall–Kier alpha value is -1.06. The average Bonchev–Trinajstić information content (AvgIpc) is 3.35. The number of hydrogen-bond donors (Lipinski definition) is 1. The second-order valence-corrected chi connectivity index (χ2v) is 7.82. The van der Waals surface area contributed by atoms with Gasteiger partial charge in [0.25, 0.3) is 0 Å². The second-order valence-electron chi connectivity index (χ2n) is 7.82. The average molecular weight is 351 g/mol. The van der Waals surface area contributed by atoms with Crippen molar-refractivity contribution in [3.63, 3.8) is 0 Å². The van der Waals surface area contributed by atoms with Gasteiger partial charge in [-0.05, 0) is 55.1 Å². The van der Waals surface area contributed by atoms with E-state index in [9.17, 15) is 4.79 Å².